The van der Waals surface area contributed by atoms with Gasteiger partial charge in [-0.05, 0) is 33.6 Å². The highest BCUT2D eigenvalue weighted by atomic mass is 16.5. The second-order valence-electron chi connectivity index (χ2n) is 4.52. The van der Waals surface area contributed by atoms with Crippen LogP contribution in [0.1, 0.15) is 40.5 Å². The number of methoxy groups -OCH3 is 1. The maximum absolute atomic E-state index is 9.04. The van der Waals surface area contributed by atoms with E-state index in [0.29, 0.717) is 6.04 Å². The molecule has 14 heavy (non-hydrogen) atoms. The first kappa shape index (κ1) is 13.9. The SMILES string of the molecule is CC[C@H](CO)NC(C)CC(C)(C)OC. The van der Waals surface area contributed by atoms with Crippen molar-refractivity contribution in [2.24, 2.45) is 0 Å². The molecule has 0 amide bonds. The Morgan fingerprint density at radius 2 is 2.00 bits per heavy atom. The number of nitrogens with one attached hydrogen (secondary N) is 1. The predicted octanol–water partition coefficient (Wildman–Crippen LogP) is 1.55. The van der Waals surface area contributed by atoms with Crippen LogP contribution in [0.4, 0.5) is 0 Å². The quantitative estimate of drug-likeness (QED) is 0.659. The van der Waals surface area contributed by atoms with E-state index in [0.717, 1.165) is 12.8 Å². The summed E-state index contributed by atoms with van der Waals surface area (Å²) < 4.78 is 5.35. The third-order valence-corrected chi connectivity index (χ3v) is 2.58. The Morgan fingerprint density at radius 3 is 2.36 bits per heavy atom. The Labute approximate surface area is 87.8 Å². The van der Waals surface area contributed by atoms with E-state index in [-0.39, 0.29) is 18.2 Å². The van der Waals surface area contributed by atoms with Crippen molar-refractivity contribution >= 4 is 0 Å². The first-order valence-electron chi connectivity index (χ1n) is 5.37. The second-order valence-corrected chi connectivity index (χ2v) is 4.52. The fraction of sp³-hybridized carbons (Fsp3) is 1.00. The maximum Gasteiger partial charge on any atom is 0.0637 e. The van der Waals surface area contributed by atoms with Crippen molar-refractivity contribution in [3.8, 4) is 0 Å². The summed E-state index contributed by atoms with van der Waals surface area (Å²) in [5, 5.41) is 12.4. The molecule has 0 spiro atoms. The van der Waals surface area contributed by atoms with Crippen molar-refractivity contribution in [3.05, 3.63) is 0 Å². The first-order valence-corrected chi connectivity index (χ1v) is 5.37. The molecule has 0 radical (unpaired) electrons. The molecule has 0 aromatic heterocycles. The molecule has 0 bridgehead atoms. The van der Waals surface area contributed by atoms with Gasteiger partial charge in [0.1, 0.15) is 0 Å². The Kier molecular flexibility index (Phi) is 6.33. The average molecular weight is 203 g/mol. The van der Waals surface area contributed by atoms with Gasteiger partial charge in [-0.2, -0.15) is 0 Å². The van der Waals surface area contributed by atoms with Gasteiger partial charge in [0.15, 0.2) is 0 Å². The van der Waals surface area contributed by atoms with E-state index in [1.54, 1.807) is 7.11 Å². The topological polar surface area (TPSA) is 41.5 Å². The lowest BCUT2D eigenvalue weighted by atomic mass is 9.99. The molecule has 1 unspecified atom stereocenters. The molecule has 0 rings (SSSR count). The zero-order valence-electron chi connectivity index (χ0n) is 10.1. The summed E-state index contributed by atoms with van der Waals surface area (Å²) >= 11 is 0. The fourth-order valence-corrected chi connectivity index (χ4v) is 1.58. The van der Waals surface area contributed by atoms with Gasteiger partial charge in [-0.15, -0.1) is 0 Å². The third-order valence-electron chi connectivity index (χ3n) is 2.58. The van der Waals surface area contributed by atoms with E-state index < -0.39 is 0 Å². The third kappa shape index (κ3) is 5.58. The average Bonchev–Trinajstić information content (AvgIpc) is 2.13. The Bertz CT molecular complexity index is 144. The lowest BCUT2D eigenvalue weighted by Gasteiger charge is -2.29. The number of ether oxygens (including phenoxy) is 1. The van der Waals surface area contributed by atoms with Crippen LogP contribution in [0.25, 0.3) is 0 Å². The van der Waals surface area contributed by atoms with Crippen LogP contribution >= 0.6 is 0 Å². The number of hydrogen-bond acceptors (Lipinski definition) is 3. The van der Waals surface area contributed by atoms with Crippen LogP contribution in [0.5, 0.6) is 0 Å². The molecule has 0 aromatic rings. The zero-order chi connectivity index (χ0) is 11.2. The maximum atomic E-state index is 9.04. The molecule has 3 nitrogen and oxygen atoms in total. The standard InChI is InChI=1S/C11H25NO2/c1-6-10(8-13)12-9(2)7-11(3,4)14-5/h9-10,12-13H,6-8H2,1-5H3/t9?,10-/m1/s1. The van der Waals surface area contributed by atoms with Gasteiger partial charge in [0.25, 0.3) is 0 Å². The van der Waals surface area contributed by atoms with Crippen molar-refractivity contribution < 1.29 is 9.84 Å². The number of aliphatic hydroxyl groups is 1. The highest BCUT2D eigenvalue weighted by molar-refractivity contribution is 4.77. The van der Waals surface area contributed by atoms with Gasteiger partial charge in [0.2, 0.25) is 0 Å². The van der Waals surface area contributed by atoms with E-state index >= 15 is 0 Å². The Balaban J connectivity index is 3.90. The van der Waals surface area contributed by atoms with Gasteiger partial charge in [0.05, 0.1) is 12.2 Å². The van der Waals surface area contributed by atoms with Crippen LogP contribution in [0.15, 0.2) is 0 Å². The van der Waals surface area contributed by atoms with E-state index in [1.165, 1.54) is 0 Å². The van der Waals surface area contributed by atoms with Gasteiger partial charge < -0.3 is 15.2 Å². The smallest absolute Gasteiger partial charge is 0.0637 e. The van der Waals surface area contributed by atoms with Gasteiger partial charge in [-0.1, -0.05) is 6.92 Å². The summed E-state index contributed by atoms with van der Waals surface area (Å²) in [5.41, 5.74) is -0.0971. The predicted molar refractivity (Wildman–Crippen MR) is 59.5 cm³/mol. The fourth-order valence-electron chi connectivity index (χ4n) is 1.58. The van der Waals surface area contributed by atoms with E-state index in [1.807, 2.05) is 0 Å². The van der Waals surface area contributed by atoms with E-state index in [2.05, 4.69) is 33.0 Å². The molecule has 0 aliphatic rings. The molecule has 3 heteroatoms. The van der Waals surface area contributed by atoms with Crippen molar-refractivity contribution in [1.29, 1.82) is 0 Å². The summed E-state index contributed by atoms with van der Waals surface area (Å²) in [5.74, 6) is 0. The molecule has 0 fully saturated rings. The van der Waals surface area contributed by atoms with E-state index in [9.17, 15) is 0 Å². The highest BCUT2D eigenvalue weighted by Gasteiger charge is 2.21. The van der Waals surface area contributed by atoms with Crippen LogP contribution in [0.3, 0.4) is 0 Å². The molecule has 0 aliphatic heterocycles. The monoisotopic (exact) mass is 203 g/mol. The summed E-state index contributed by atoms with van der Waals surface area (Å²) in [6, 6.07) is 0.569. The van der Waals surface area contributed by atoms with E-state index in [4.69, 9.17) is 9.84 Å². The first-order chi connectivity index (χ1) is 6.45. The molecule has 0 saturated carbocycles. The molecule has 0 aromatic carbocycles. The van der Waals surface area contributed by atoms with Crippen LogP contribution < -0.4 is 5.32 Å². The molecular weight excluding hydrogens is 178 g/mol. The number of aliphatic hydroxyl groups excluding tert-OH is 1. The van der Waals surface area contributed by atoms with Crippen molar-refractivity contribution in [3.63, 3.8) is 0 Å². The molecule has 0 saturated heterocycles. The Hall–Kier alpha value is -0.120. The largest absolute Gasteiger partial charge is 0.395 e. The minimum atomic E-state index is -0.0971. The van der Waals surface area contributed by atoms with Gasteiger partial charge >= 0.3 is 0 Å². The number of hydrogen-bond donors (Lipinski definition) is 2. The van der Waals surface area contributed by atoms with Crippen molar-refractivity contribution in [2.45, 2.75) is 58.2 Å². The van der Waals surface area contributed by atoms with Gasteiger partial charge in [-0.3, -0.25) is 0 Å². The van der Waals surface area contributed by atoms with Gasteiger partial charge in [-0.25, -0.2) is 0 Å². The lowest BCUT2D eigenvalue weighted by Crippen LogP contribution is -2.42. The normalized spacial score (nSPS) is 16.7. The second kappa shape index (κ2) is 6.38. The molecular formula is C11H25NO2. The highest BCUT2D eigenvalue weighted by Crippen LogP contribution is 2.15. The molecule has 86 valence electrons. The van der Waals surface area contributed by atoms with Crippen LogP contribution in [-0.4, -0.2) is 36.5 Å². The lowest BCUT2D eigenvalue weighted by molar-refractivity contribution is 0.00695. The summed E-state index contributed by atoms with van der Waals surface area (Å²) in [4.78, 5) is 0. The Morgan fingerprint density at radius 1 is 1.43 bits per heavy atom. The summed E-state index contributed by atoms with van der Waals surface area (Å²) in [6.07, 6.45) is 1.90. The van der Waals surface area contributed by atoms with Crippen molar-refractivity contribution in [2.75, 3.05) is 13.7 Å². The van der Waals surface area contributed by atoms with Crippen molar-refractivity contribution in [1.82, 2.24) is 5.32 Å². The van der Waals surface area contributed by atoms with Gasteiger partial charge in [0, 0.05) is 19.2 Å². The number of rotatable bonds is 7. The molecule has 0 heterocycles. The summed E-state index contributed by atoms with van der Waals surface area (Å²) in [7, 11) is 1.73. The molecule has 2 N–H and O–H groups in total. The van der Waals surface area contributed by atoms with Crippen LogP contribution in [0, 0.1) is 0 Å². The molecule has 2 atom stereocenters. The zero-order valence-corrected chi connectivity index (χ0v) is 10.1. The minimum Gasteiger partial charge on any atom is -0.395 e. The van der Waals surface area contributed by atoms with Crippen LogP contribution in [-0.2, 0) is 4.74 Å². The molecule has 0 aliphatic carbocycles. The minimum absolute atomic E-state index is 0.0971. The summed E-state index contributed by atoms with van der Waals surface area (Å²) in [6.45, 7) is 8.55. The van der Waals surface area contributed by atoms with Crippen LogP contribution in [0.2, 0.25) is 0 Å².